The smallest absolute Gasteiger partial charge is 0.0952 e. The van der Waals surface area contributed by atoms with Crippen molar-refractivity contribution >= 4 is 0 Å². The highest BCUT2D eigenvalue weighted by molar-refractivity contribution is 5.17. The topological polar surface area (TPSA) is 59.7 Å². The highest BCUT2D eigenvalue weighted by Gasteiger charge is 2.19. The zero-order valence-electron chi connectivity index (χ0n) is 18.6. The van der Waals surface area contributed by atoms with Crippen molar-refractivity contribution < 1.29 is 0 Å². The van der Waals surface area contributed by atoms with E-state index in [4.69, 9.17) is 0 Å². The van der Waals surface area contributed by atoms with Crippen molar-refractivity contribution in [3.05, 3.63) is 35.4 Å². The van der Waals surface area contributed by atoms with E-state index in [-0.39, 0.29) is 0 Å². The van der Waals surface area contributed by atoms with Gasteiger partial charge >= 0.3 is 0 Å². The van der Waals surface area contributed by atoms with Gasteiger partial charge in [-0.05, 0) is 10.8 Å². The summed E-state index contributed by atoms with van der Waals surface area (Å²) in [5, 5.41) is 6.73. The molecule has 2 aromatic rings. The number of hydrogen-bond donors (Lipinski definition) is 2. The maximum Gasteiger partial charge on any atom is 0.0952 e. The van der Waals surface area contributed by atoms with Gasteiger partial charge in [-0.15, -0.1) is 0 Å². The van der Waals surface area contributed by atoms with Gasteiger partial charge in [0.2, 0.25) is 0 Å². The van der Waals surface area contributed by atoms with Crippen molar-refractivity contribution in [1.82, 2.24) is 29.7 Å². The molecule has 0 fully saturated rings. The molecule has 6 nitrogen and oxygen atoms in total. The van der Waals surface area contributed by atoms with Crippen LogP contribution in [-0.2, 0) is 39.0 Å². The first-order chi connectivity index (χ1) is 13.1. The second-order valence-electron chi connectivity index (χ2n) is 10.5. The van der Waals surface area contributed by atoms with Gasteiger partial charge in [0.1, 0.15) is 0 Å². The summed E-state index contributed by atoms with van der Waals surface area (Å²) in [6.45, 7) is 19.8. The van der Waals surface area contributed by atoms with Gasteiger partial charge in [0, 0.05) is 57.8 Å². The molecule has 2 N–H and O–H groups in total. The van der Waals surface area contributed by atoms with Gasteiger partial charge in [0.25, 0.3) is 0 Å². The van der Waals surface area contributed by atoms with Crippen molar-refractivity contribution in [3.8, 4) is 0 Å². The standard InChI is InChI=1S/2C11H19N3/c1-11(2,3)7-14-8-13-9-6-12-5-4-10(9)14;1-11(2,3)7-14-8-13-9-4-5-12-6-10(9)14/h2*8,12H,4-7H2,1-3H3. The molecule has 2 aromatic heterocycles. The predicted octanol–water partition coefficient (Wildman–Crippen LogP) is 3.15. The molecule has 0 bridgehead atoms. The Labute approximate surface area is 170 Å². The highest BCUT2D eigenvalue weighted by Crippen LogP contribution is 2.21. The molecule has 6 heteroatoms. The van der Waals surface area contributed by atoms with Crippen molar-refractivity contribution in [2.24, 2.45) is 10.8 Å². The van der Waals surface area contributed by atoms with Crippen molar-refractivity contribution in [2.75, 3.05) is 13.1 Å². The second kappa shape index (κ2) is 8.37. The first-order valence-electron chi connectivity index (χ1n) is 10.6. The summed E-state index contributed by atoms with van der Waals surface area (Å²) < 4.78 is 4.61. The van der Waals surface area contributed by atoms with E-state index in [0.29, 0.717) is 10.8 Å². The Kier molecular flexibility index (Phi) is 6.30. The van der Waals surface area contributed by atoms with E-state index in [1.54, 1.807) is 0 Å². The van der Waals surface area contributed by atoms with Crippen LogP contribution in [0.15, 0.2) is 12.7 Å². The number of hydrogen-bond acceptors (Lipinski definition) is 4. The molecule has 0 radical (unpaired) electrons. The van der Waals surface area contributed by atoms with Crippen molar-refractivity contribution in [3.63, 3.8) is 0 Å². The van der Waals surface area contributed by atoms with Gasteiger partial charge in [0.15, 0.2) is 0 Å². The zero-order valence-corrected chi connectivity index (χ0v) is 18.6. The minimum Gasteiger partial charge on any atom is -0.334 e. The molecule has 0 unspecified atom stereocenters. The average molecular weight is 387 g/mol. The molecule has 0 saturated heterocycles. The summed E-state index contributed by atoms with van der Waals surface area (Å²) in [5.74, 6) is 0. The van der Waals surface area contributed by atoms with E-state index in [9.17, 15) is 0 Å². The van der Waals surface area contributed by atoms with E-state index >= 15 is 0 Å². The quantitative estimate of drug-likeness (QED) is 0.832. The normalized spacial score (nSPS) is 16.8. The molecule has 0 spiro atoms. The Morgan fingerprint density at radius 3 is 1.93 bits per heavy atom. The Hall–Kier alpha value is -1.66. The molecule has 2 aliphatic rings. The SMILES string of the molecule is CC(C)(C)Cn1cnc2c1CCNC2.CC(C)(C)Cn1cnc2c1CNCC2. The van der Waals surface area contributed by atoms with E-state index in [1.807, 2.05) is 12.7 Å². The molecule has 0 amide bonds. The van der Waals surface area contributed by atoms with E-state index in [2.05, 4.69) is 71.3 Å². The Morgan fingerprint density at radius 2 is 1.29 bits per heavy atom. The van der Waals surface area contributed by atoms with Crippen LogP contribution in [0.3, 0.4) is 0 Å². The average Bonchev–Trinajstić information content (AvgIpc) is 3.18. The fraction of sp³-hybridized carbons (Fsp3) is 0.727. The third-order valence-electron chi connectivity index (χ3n) is 5.02. The van der Waals surface area contributed by atoms with Crippen molar-refractivity contribution in [2.45, 2.75) is 80.6 Å². The maximum absolute atomic E-state index is 4.46. The summed E-state index contributed by atoms with van der Waals surface area (Å²) in [7, 11) is 0. The highest BCUT2D eigenvalue weighted by atomic mass is 15.1. The van der Waals surface area contributed by atoms with Crippen LogP contribution in [0.25, 0.3) is 0 Å². The van der Waals surface area contributed by atoms with Gasteiger partial charge in [-0.3, -0.25) is 0 Å². The van der Waals surface area contributed by atoms with Crippen LogP contribution < -0.4 is 10.6 Å². The Bertz CT molecular complexity index is 706. The molecule has 0 aromatic carbocycles. The summed E-state index contributed by atoms with van der Waals surface area (Å²) >= 11 is 0. The minimum absolute atomic E-state index is 0.325. The fourth-order valence-corrected chi connectivity index (χ4v) is 3.87. The largest absolute Gasteiger partial charge is 0.334 e. The van der Waals surface area contributed by atoms with Crippen LogP contribution in [0.2, 0.25) is 0 Å². The number of imidazole rings is 2. The molecular weight excluding hydrogens is 348 g/mol. The Morgan fingerprint density at radius 1 is 0.750 bits per heavy atom. The molecule has 28 heavy (non-hydrogen) atoms. The second-order valence-corrected chi connectivity index (χ2v) is 10.5. The number of nitrogens with one attached hydrogen (secondary N) is 2. The molecule has 0 aliphatic carbocycles. The van der Waals surface area contributed by atoms with Crippen LogP contribution in [0.4, 0.5) is 0 Å². The molecule has 156 valence electrons. The third-order valence-corrected chi connectivity index (χ3v) is 5.02. The summed E-state index contributed by atoms with van der Waals surface area (Å²) in [6.07, 6.45) is 6.17. The zero-order chi connectivity index (χ0) is 20.4. The molecule has 0 atom stereocenters. The monoisotopic (exact) mass is 386 g/mol. The molecule has 4 heterocycles. The fourth-order valence-electron chi connectivity index (χ4n) is 3.87. The summed E-state index contributed by atoms with van der Waals surface area (Å²) in [5.41, 5.74) is 5.99. The van der Waals surface area contributed by atoms with Gasteiger partial charge in [0.05, 0.1) is 29.7 Å². The molecule has 0 saturated carbocycles. The molecule has 4 rings (SSSR count). The van der Waals surface area contributed by atoms with Gasteiger partial charge in [-0.2, -0.15) is 0 Å². The summed E-state index contributed by atoms with van der Waals surface area (Å²) in [4.78, 5) is 8.91. The first-order valence-corrected chi connectivity index (χ1v) is 10.6. The number of fused-ring (bicyclic) bond motifs is 2. The lowest BCUT2D eigenvalue weighted by Crippen LogP contribution is -2.27. The number of rotatable bonds is 2. The van der Waals surface area contributed by atoms with Gasteiger partial charge < -0.3 is 19.8 Å². The van der Waals surface area contributed by atoms with E-state index < -0.39 is 0 Å². The van der Waals surface area contributed by atoms with Crippen LogP contribution in [0.1, 0.15) is 64.3 Å². The Balaban J connectivity index is 0.000000161. The maximum atomic E-state index is 4.46. The van der Waals surface area contributed by atoms with Crippen LogP contribution in [0.5, 0.6) is 0 Å². The van der Waals surface area contributed by atoms with Crippen molar-refractivity contribution in [1.29, 1.82) is 0 Å². The van der Waals surface area contributed by atoms with E-state index in [0.717, 1.165) is 52.1 Å². The molecular formula is C22H38N6. The number of aromatic nitrogens is 4. The first kappa shape index (κ1) is 21.1. The lowest BCUT2D eigenvalue weighted by atomic mass is 9.96. The van der Waals surface area contributed by atoms with E-state index in [1.165, 1.54) is 22.8 Å². The van der Waals surface area contributed by atoms with Crippen LogP contribution >= 0.6 is 0 Å². The lowest BCUT2D eigenvalue weighted by Gasteiger charge is -2.22. The third kappa shape index (κ3) is 5.67. The van der Waals surface area contributed by atoms with Gasteiger partial charge in [-0.1, -0.05) is 41.5 Å². The summed E-state index contributed by atoms with van der Waals surface area (Å²) in [6, 6.07) is 0. The predicted molar refractivity (Wildman–Crippen MR) is 114 cm³/mol. The van der Waals surface area contributed by atoms with Crippen LogP contribution in [0, 0.1) is 10.8 Å². The lowest BCUT2D eigenvalue weighted by molar-refractivity contribution is 0.336. The van der Waals surface area contributed by atoms with Crippen LogP contribution in [-0.4, -0.2) is 32.2 Å². The molecule has 2 aliphatic heterocycles. The minimum atomic E-state index is 0.325. The number of nitrogens with zero attached hydrogens (tertiary/aromatic N) is 4. The van der Waals surface area contributed by atoms with Gasteiger partial charge in [-0.25, -0.2) is 9.97 Å².